The summed E-state index contributed by atoms with van der Waals surface area (Å²) >= 11 is 1.63. The number of nitrogens with zero attached hydrogens (tertiary/aromatic N) is 2. The third-order valence-corrected chi connectivity index (χ3v) is 4.95. The lowest BCUT2D eigenvalue weighted by Crippen LogP contribution is -2.24. The molecule has 3 atom stereocenters. The van der Waals surface area contributed by atoms with Crippen molar-refractivity contribution in [2.75, 3.05) is 0 Å². The van der Waals surface area contributed by atoms with E-state index in [2.05, 4.69) is 18.0 Å². The van der Waals surface area contributed by atoms with Gasteiger partial charge in [0.1, 0.15) is 5.52 Å². The lowest BCUT2D eigenvalue weighted by molar-refractivity contribution is 0.343. The Kier molecular flexibility index (Phi) is 3.48. The van der Waals surface area contributed by atoms with Crippen LogP contribution >= 0.6 is 11.8 Å². The number of thioether (sulfide) groups is 1. The Labute approximate surface area is 117 Å². The summed E-state index contributed by atoms with van der Waals surface area (Å²) in [6, 6.07) is 10.2. The third-order valence-electron chi connectivity index (χ3n) is 3.75. The van der Waals surface area contributed by atoms with E-state index < -0.39 is 0 Å². The average Bonchev–Trinajstić information content (AvgIpc) is 2.81. The van der Waals surface area contributed by atoms with Gasteiger partial charge in [-0.15, -0.1) is 0 Å². The molecular weight excluding hydrogens is 256 g/mol. The first-order chi connectivity index (χ1) is 9.26. The first kappa shape index (κ1) is 12.6. The fourth-order valence-electron chi connectivity index (χ4n) is 2.64. The molecule has 3 nitrogen and oxygen atoms in total. The number of aromatic nitrogens is 1. The molecule has 0 saturated heterocycles. The van der Waals surface area contributed by atoms with Crippen molar-refractivity contribution < 1.29 is 4.42 Å². The topological polar surface area (TPSA) is 49.8 Å². The van der Waals surface area contributed by atoms with Crippen molar-refractivity contribution in [2.45, 2.75) is 36.7 Å². The molecule has 1 fully saturated rings. The van der Waals surface area contributed by atoms with Crippen LogP contribution in [0.15, 0.2) is 33.9 Å². The van der Waals surface area contributed by atoms with E-state index in [9.17, 15) is 5.26 Å². The van der Waals surface area contributed by atoms with Crippen LogP contribution in [0.2, 0.25) is 0 Å². The number of hydrogen-bond acceptors (Lipinski definition) is 4. The minimum atomic E-state index is 0.121. The molecule has 2 aromatic rings. The number of rotatable bonds is 2. The molecule has 3 rings (SSSR count). The summed E-state index contributed by atoms with van der Waals surface area (Å²) in [6.45, 7) is 2.26. The van der Waals surface area contributed by atoms with Gasteiger partial charge in [-0.3, -0.25) is 0 Å². The Balaban J connectivity index is 1.81. The predicted molar refractivity (Wildman–Crippen MR) is 75.8 cm³/mol. The van der Waals surface area contributed by atoms with Crippen molar-refractivity contribution >= 4 is 22.9 Å². The van der Waals surface area contributed by atoms with Crippen LogP contribution in [0.4, 0.5) is 0 Å². The van der Waals surface area contributed by atoms with Crippen molar-refractivity contribution in [3.63, 3.8) is 0 Å². The lowest BCUT2D eigenvalue weighted by atomic mass is 9.83. The molecule has 98 valence electrons. The van der Waals surface area contributed by atoms with Gasteiger partial charge in [0.05, 0.1) is 12.0 Å². The van der Waals surface area contributed by atoms with Gasteiger partial charge in [0, 0.05) is 5.25 Å². The molecule has 0 N–H and O–H groups in total. The highest BCUT2D eigenvalue weighted by atomic mass is 32.2. The second-order valence-corrected chi connectivity index (χ2v) is 6.45. The Morgan fingerprint density at radius 2 is 2.21 bits per heavy atom. The van der Waals surface area contributed by atoms with E-state index in [-0.39, 0.29) is 5.92 Å². The van der Waals surface area contributed by atoms with Crippen molar-refractivity contribution in [3.05, 3.63) is 24.3 Å². The smallest absolute Gasteiger partial charge is 0.257 e. The number of fused-ring (bicyclic) bond motifs is 1. The summed E-state index contributed by atoms with van der Waals surface area (Å²) in [5.74, 6) is 0.808. The fourth-order valence-corrected chi connectivity index (χ4v) is 3.97. The minimum absolute atomic E-state index is 0.121. The molecule has 1 saturated carbocycles. The normalized spacial score (nSPS) is 27.3. The first-order valence-electron chi connectivity index (χ1n) is 6.68. The van der Waals surface area contributed by atoms with Gasteiger partial charge in [0.2, 0.25) is 0 Å². The third kappa shape index (κ3) is 2.62. The molecular formula is C15H16N2OS. The molecule has 0 radical (unpaired) electrons. The molecule has 1 heterocycles. The van der Waals surface area contributed by atoms with E-state index in [1.165, 1.54) is 0 Å². The zero-order valence-corrected chi connectivity index (χ0v) is 11.7. The predicted octanol–water partition coefficient (Wildman–Crippen LogP) is 4.25. The highest BCUT2D eigenvalue weighted by molar-refractivity contribution is 7.99. The SMILES string of the molecule is CC1CCC(C#N)C(Sc2nc3ccccc3o2)C1. The van der Waals surface area contributed by atoms with E-state index in [0.29, 0.717) is 16.4 Å². The van der Waals surface area contributed by atoms with Crippen LogP contribution in [0.3, 0.4) is 0 Å². The maximum Gasteiger partial charge on any atom is 0.257 e. The second-order valence-electron chi connectivity index (χ2n) is 5.26. The maximum atomic E-state index is 9.25. The summed E-state index contributed by atoms with van der Waals surface area (Å²) < 4.78 is 5.74. The summed E-state index contributed by atoms with van der Waals surface area (Å²) in [6.07, 6.45) is 3.22. The molecule has 1 aromatic heterocycles. The van der Waals surface area contributed by atoms with Gasteiger partial charge in [-0.05, 0) is 37.3 Å². The van der Waals surface area contributed by atoms with Gasteiger partial charge in [0.25, 0.3) is 5.22 Å². The van der Waals surface area contributed by atoms with Crippen LogP contribution in [0.5, 0.6) is 0 Å². The Morgan fingerprint density at radius 3 is 3.00 bits per heavy atom. The van der Waals surface area contributed by atoms with Crippen molar-refractivity contribution in [1.29, 1.82) is 5.26 Å². The summed E-state index contributed by atoms with van der Waals surface area (Å²) in [4.78, 5) is 4.49. The van der Waals surface area contributed by atoms with Crippen molar-refractivity contribution in [3.8, 4) is 6.07 Å². The molecule has 1 aliphatic carbocycles. The quantitative estimate of drug-likeness (QED) is 0.820. The number of nitriles is 1. The van der Waals surface area contributed by atoms with E-state index in [4.69, 9.17) is 4.42 Å². The molecule has 1 aliphatic rings. The van der Waals surface area contributed by atoms with Gasteiger partial charge < -0.3 is 4.42 Å². The molecule has 0 bridgehead atoms. The zero-order valence-electron chi connectivity index (χ0n) is 10.9. The fraction of sp³-hybridized carbons (Fsp3) is 0.467. The second kappa shape index (κ2) is 5.26. The van der Waals surface area contributed by atoms with Gasteiger partial charge in [-0.25, -0.2) is 4.98 Å². The standard InChI is InChI=1S/C15H16N2OS/c1-10-6-7-11(9-16)14(8-10)19-15-17-12-4-2-3-5-13(12)18-15/h2-5,10-11,14H,6-8H2,1H3. The van der Waals surface area contributed by atoms with Crippen LogP contribution < -0.4 is 0 Å². The summed E-state index contributed by atoms with van der Waals surface area (Å²) in [5, 5.41) is 10.3. The Bertz CT molecular complexity index is 583. The van der Waals surface area contributed by atoms with Gasteiger partial charge in [-0.1, -0.05) is 30.8 Å². The molecule has 1 aromatic carbocycles. The van der Waals surface area contributed by atoms with E-state index >= 15 is 0 Å². The minimum Gasteiger partial charge on any atom is -0.431 e. The van der Waals surface area contributed by atoms with E-state index in [1.807, 2.05) is 24.3 Å². The Hall–Kier alpha value is -1.47. The average molecular weight is 272 g/mol. The van der Waals surface area contributed by atoms with E-state index in [0.717, 1.165) is 30.4 Å². The summed E-state index contributed by atoms with van der Waals surface area (Å²) in [5.41, 5.74) is 1.71. The molecule has 0 amide bonds. The number of benzene rings is 1. The maximum absolute atomic E-state index is 9.25. The van der Waals surface area contributed by atoms with Crippen LogP contribution in [0, 0.1) is 23.2 Å². The monoisotopic (exact) mass is 272 g/mol. The highest BCUT2D eigenvalue weighted by Crippen LogP contribution is 2.39. The van der Waals surface area contributed by atoms with Gasteiger partial charge in [-0.2, -0.15) is 5.26 Å². The first-order valence-corrected chi connectivity index (χ1v) is 7.56. The van der Waals surface area contributed by atoms with Crippen LogP contribution in [-0.2, 0) is 0 Å². The zero-order chi connectivity index (χ0) is 13.2. The summed E-state index contributed by atoms with van der Waals surface area (Å²) in [7, 11) is 0. The molecule has 4 heteroatoms. The van der Waals surface area contributed by atoms with Gasteiger partial charge >= 0.3 is 0 Å². The lowest BCUT2D eigenvalue weighted by Gasteiger charge is -2.29. The largest absolute Gasteiger partial charge is 0.431 e. The van der Waals surface area contributed by atoms with Crippen LogP contribution in [0.25, 0.3) is 11.1 Å². The Morgan fingerprint density at radius 1 is 1.37 bits per heavy atom. The van der Waals surface area contributed by atoms with Crippen LogP contribution in [0.1, 0.15) is 26.2 Å². The molecule has 0 aliphatic heterocycles. The van der Waals surface area contributed by atoms with Crippen molar-refractivity contribution in [2.24, 2.45) is 11.8 Å². The number of oxazole rings is 1. The number of para-hydroxylation sites is 2. The molecule has 19 heavy (non-hydrogen) atoms. The highest BCUT2D eigenvalue weighted by Gasteiger charge is 2.30. The van der Waals surface area contributed by atoms with Crippen LogP contribution in [-0.4, -0.2) is 10.2 Å². The molecule has 3 unspecified atom stereocenters. The molecule has 0 spiro atoms. The van der Waals surface area contributed by atoms with E-state index in [1.54, 1.807) is 11.8 Å². The number of hydrogen-bond donors (Lipinski definition) is 0. The van der Waals surface area contributed by atoms with Crippen molar-refractivity contribution in [1.82, 2.24) is 4.98 Å². The van der Waals surface area contributed by atoms with Gasteiger partial charge in [0.15, 0.2) is 5.58 Å².